The molecular formula is C26H27N5O2S. The van der Waals surface area contributed by atoms with Crippen molar-refractivity contribution in [1.82, 2.24) is 15.1 Å². The van der Waals surface area contributed by atoms with E-state index in [1.165, 1.54) is 6.42 Å². The van der Waals surface area contributed by atoms with Crippen molar-refractivity contribution >= 4 is 40.3 Å². The average Bonchev–Trinajstić information content (AvgIpc) is 3.32. The number of aryl methyl sites for hydroxylation is 1. The fourth-order valence-corrected chi connectivity index (χ4v) is 4.73. The van der Waals surface area contributed by atoms with Gasteiger partial charge in [-0.05, 0) is 43.7 Å². The molecular weight excluding hydrogens is 446 g/mol. The Kier molecular flexibility index (Phi) is 6.76. The topological polar surface area (TPSA) is 84.2 Å². The Morgan fingerprint density at radius 2 is 1.88 bits per heavy atom. The Balaban J connectivity index is 1.41. The van der Waals surface area contributed by atoms with Gasteiger partial charge in [0.2, 0.25) is 5.91 Å². The van der Waals surface area contributed by atoms with E-state index in [0.717, 1.165) is 59.0 Å². The Labute approximate surface area is 203 Å². The van der Waals surface area contributed by atoms with Gasteiger partial charge in [0.15, 0.2) is 0 Å². The lowest BCUT2D eigenvalue weighted by Crippen LogP contribution is -2.30. The number of nitrogens with one attached hydrogen (secondary N) is 1. The number of hydrogen-bond donors (Lipinski definition) is 1. The van der Waals surface area contributed by atoms with Crippen molar-refractivity contribution in [2.75, 3.05) is 29.6 Å². The molecule has 5 rings (SSSR count). The van der Waals surface area contributed by atoms with Crippen LogP contribution in [0.4, 0.5) is 11.5 Å². The zero-order chi connectivity index (χ0) is 23.3. The number of hydrogen-bond acceptors (Lipinski definition) is 7. The summed E-state index contributed by atoms with van der Waals surface area (Å²) in [4.78, 5) is 25.6. The van der Waals surface area contributed by atoms with Gasteiger partial charge in [-0.25, -0.2) is 4.98 Å². The van der Waals surface area contributed by atoms with Crippen molar-refractivity contribution in [3.05, 3.63) is 60.4 Å². The molecule has 7 nitrogen and oxygen atoms in total. The molecule has 1 fully saturated rings. The lowest BCUT2D eigenvalue weighted by atomic mass is 10.1. The van der Waals surface area contributed by atoms with Crippen molar-refractivity contribution in [2.24, 2.45) is 0 Å². The first-order valence-electron chi connectivity index (χ1n) is 11.6. The molecule has 0 saturated carbocycles. The Morgan fingerprint density at radius 1 is 1.06 bits per heavy atom. The fraction of sp³-hybridized carbons (Fsp3) is 0.308. The summed E-state index contributed by atoms with van der Waals surface area (Å²) in [6.07, 6.45) is 6.21. The van der Waals surface area contributed by atoms with E-state index in [2.05, 4.69) is 20.4 Å². The molecule has 8 heteroatoms. The Bertz CT molecular complexity index is 1290. The first kappa shape index (κ1) is 22.4. The summed E-state index contributed by atoms with van der Waals surface area (Å²) in [6, 6.07) is 17.8. The average molecular weight is 474 g/mol. The molecule has 1 aliphatic heterocycles. The first-order valence-corrected chi connectivity index (χ1v) is 12.8. The number of anilines is 2. The molecule has 0 unspecified atom stereocenters. The van der Waals surface area contributed by atoms with E-state index < -0.39 is 0 Å². The lowest BCUT2D eigenvalue weighted by molar-refractivity contribution is -0.116. The third kappa shape index (κ3) is 4.92. The number of piperidine rings is 1. The second kappa shape index (κ2) is 10.3. The van der Waals surface area contributed by atoms with Gasteiger partial charge in [0.1, 0.15) is 22.7 Å². The highest BCUT2D eigenvalue weighted by molar-refractivity contribution is 7.98. The standard InChI is InChI=1S/C26H27N5O2S/c1-34-20-12-8-11-19(17-20)27-22(32)14-13-21-28-25(31-15-6-3-7-16-31)23-24(30-33-26(23)29-21)18-9-4-2-5-10-18/h2,4-5,8-12,17H,3,6-7,13-16H2,1H3,(H,27,32). The molecule has 1 aliphatic rings. The van der Waals surface area contributed by atoms with Crippen LogP contribution in [0.25, 0.3) is 22.4 Å². The number of thioether (sulfide) groups is 1. The number of fused-ring (bicyclic) bond motifs is 1. The summed E-state index contributed by atoms with van der Waals surface area (Å²) in [5.74, 6) is 1.38. The van der Waals surface area contributed by atoms with Crippen LogP contribution in [0.5, 0.6) is 0 Å². The quantitative estimate of drug-likeness (QED) is 0.351. The minimum Gasteiger partial charge on any atom is -0.356 e. The first-order chi connectivity index (χ1) is 16.7. The molecule has 0 bridgehead atoms. The minimum atomic E-state index is -0.0657. The van der Waals surface area contributed by atoms with Crippen molar-refractivity contribution in [1.29, 1.82) is 0 Å². The van der Waals surface area contributed by atoms with Gasteiger partial charge in [0.25, 0.3) is 5.71 Å². The van der Waals surface area contributed by atoms with Gasteiger partial charge < -0.3 is 14.7 Å². The highest BCUT2D eigenvalue weighted by atomic mass is 32.2. The molecule has 0 aliphatic carbocycles. The van der Waals surface area contributed by atoms with E-state index in [4.69, 9.17) is 9.51 Å². The van der Waals surface area contributed by atoms with Gasteiger partial charge in [-0.15, -0.1) is 11.8 Å². The van der Waals surface area contributed by atoms with Crippen LogP contribution in [0, 0.1) is 0 Å². The van der Waals surface area contributed by atoms with Gasteiger partial charge >= 0.3 is 0 Å². The molecule has 0 spiro atoms. The zero-order valence-electron chi connectivity index (χ0n) is 19.2. The predicted molar refractivity (Wildman–Crippen MR) is 136 cm³/mol. The summed E-state index contributed by atoms with van der Waals surface area (Å²) in [5.41, 5.74) is 3.00. The van der Waals surface area contributed by atoms with Crippen molar-refractivity contribution in [3.8, 4) is 11.3 Å². The fourth-order valence-electron chi connectivity index (χ4n) is 4.27. The smallest absolute Gasteiger partial charge is 0.263 e. The number of carbonyl (C=O) groups is 1. The highest BCUT2D eigenvalue weighted by Gasteiger charge is 2.24. The van der Waals surface area contributed by atoms with Crippen LogP contribution in [0.15, 0.2) is 64.0 Å². The van der Waals surface area contributed by atoms with Crippen LogP contribution in [0.1, 0.15) is 31.5 Å². The second-order valence-corrected chi connectivity index (χ2v) is 9.25. The van der Waals surface area contributed by atoms with Crippen LogP contribution in [-0.2, 0) is 11.2 Å². The Morgan fingerprint density at radius 3 is 2.68 bits per heavy atom. The summed E-state index contributed by atoms with van der Waals surface area (Å²) in [5, 5.41) is 8.16. The van der Waals surface area contributed by atoms with E-state index in [1.807, 2.05) is 60.9 Å². The second-order valence-electron chi connectivity index (χ2n) is 8.37. The highest BCUT2D eigenvalue weighted by Crippen LogP contribution is 2.34. The minimum absolute atomic E-state index is 0.0657. The molecule has 0 radical (unpaired) electrons. The van der Waals surface area contributed by atoms with Crippen molar-refractivity contribution in [3.63, 3.8) is 0 Å². The van der Waals surface area contributed by atoms with E-state index in [9.17, 15) is 4.79 Å². The molecule has 1 saturated heterocycles. The number of amides is 1. The maximum absolute atomic E-state index is 12.6. The van der Waals surface area contributed by atoms with Gasteiger partial charge in [0.05, 0.1) is 0 Å². The van der Waals surface area contributed by atoms with E-state index in [1.54, 1.807) is 11.8 Å². The van der Waals surface area contributed by atoms with E-state index in [0.29, 0.717) is 18.0 Å². The molecule has 34 heavy (non-hydrogen) atoms. The molecule has 174 valence electrons. The van der Waals surface area contributed by atoms with Crippen LogP contribution >= 0.6 is 11.8 Å². The number of carbonyl (C=O) groups excluding carboxylic acids is 1. The molecule has 2 aromatic heterocycles. The summed E-state index contributed by atoms with van der Waals surface area (Å²) < 4.78 is 5.67. The SMILES string of the molecule is CSc1cccc(NC(=O)CCc2nc(N3CCCCC3)c3c(-c4ccccc4)noc3n2)c1. The normalized spacial score (nSPS) is 13.9. The van der Waals surface area contributed by atoms with Crippen LogP contribution in [-0.4, -0.2) is 40.4 Å². The number of nitrogens with zero attached hydrogens (tertiary/aromatic N) is 4. The number of benzene rings is 2. The van der Waals surface area contributed by atoms with E-state index >= 15 is 0 Å². The van der Waals surface area contributed by atoms with Crippen molar-refractivity contribution < 1.29 is 9.32 Å². The predicted octanol–water partition coefficient (Wildman–Crippen LogP) is 5.57. The molecule has 2 aromatic carbocycles. The third-order valence-corrected chi connectivity index (χ3v) is 6.72. The van der Waals surface area contributed by atoms with Gasteiger partial charge in [-0.3, -0.25) is 4.79 Å². The number of aromatic nitrogens is 3. The van der Waals surface area contributed by atoms with Crippen LogP contribution < -0.4 is 10.2 Å². The molecule has 4 aromatic rings. The zero-order valence-corrected chi connectivity index (χ0v) is 20.0. The lowest BCUT2D eigenvalue weighted by Gasteiger charge is -2.28. The van der Waals surface area contributed by atoms with Crippen LogP contribution in [0.2, 0.25) is 0 Å². The molecule has 1 N–H and O–H groups in total. The van der Waals surface area contributed by atoms with Crippen molar-refractivity contribution in [2.45, 2.75) is 37.0 Å². The maximum atomic E-state index is 12.6. The molecule has 3 heterocycles. The maximum Gasteiger partial charge on any atom is 0.263 e. The van der Waals surface area contributed by atoms with Gasteiger partial charge in [0, 0.05) is 42.1 Å². The molecule has 0 atom stereocenters. The number of rotatable bonds is 7. The summed E-state index contributed by atoms with van der Waals surface area (Å²) >= 11 is 1.64. The Hall–Kier alpha value is -3.39. The van der Waals surface area contributed by atoms with Gasteiger partial charge in [-0.2, -0.15) is 4.98 Å². The molecule has 1 amide bonds. The van der Waals surface area contributed by atoms with Crippen LogP contribution in [0.3, 0.4) is 0 Å². The summed E-state index contributed by atoms with van der Waals surface area (Å²) in [7, 11) is 0. The summed E-state index contributed by atoms with van der Waals surface area (Å²) in [6.45, 7) is 1.88. The monoisotopic (exact) mass is 473 g/mol. The largest absolute Gasteiger partial charge is 0.356 e. The van der Waals surface area contributed by atoms with Gasteiger partial charge in [-0.1, -0.05) is 41.6 Å². The van der Waals surface area contributed by atoms with E-state index in [-0.39, 0.29) is 12.3 Å². The third-order valence-electron chi connectivity index (χ3n) is 6.00.